The summed E-state index contributed by atoms with van der Waals surface area (Å²) in [5.74, 6) is 2.24. The Bertz CT molecular complexity index is 837. The molecule has 24 heavy (non-hydrogen) atoms. The average molecular weight is 385 g/mol. The van der Waals surface area contributed by atoms with Crippen LogP contribution in [0.3, 0.4) is 0 Å². The average Bonchev–Trinajstić information content (AvgIpc) is 2.58. The van der Waals surface area contributed by atoms with Crippen LogP contribution in [-0.4, -0.2) is 17.1 Å². The van der Waals surface area contributed by atoms with Crippen molar-refractivity contribution in [3.8, 4) is 5.75 Å². The molecule has 0 radical (unpaired) electrons. The summed E-state index contributed by atoms with van der Waals surface area (Å²) in [4.78, 5) is 8.51. The molecule has 0 fully saturated rings. The number of halogens is 1. The molecule has 0 saturated heterocycles. The highest BCUT2D eigenvalue weighted by Crippen LogP contribution is 2.27. The van der Waals surface area contributed by atoms with Crippen LogP contribution >= 0.6 is 15.9 Å². The van der Waals surface area contributed by atoms with E-state index in [1.807, 2.05) is 42.5 Å². The smallest absolute Gasteiger partial charge is 0.135 e. The molecule has 0 aliphatic heterocycles. The minimum atomic E-state index is 0.709. The van der Waals surface area contributed by atoms with Crippen LogP contribution in [0.2, 0.25) is 0 Å². The number of methoxy groups -OCH3 is 1. The molecule has 6 heteroatoms. The molecule has 0 atom stereocenters. The minimum Gasteiger partial charge on any atom is -0.497 e. The molecule has 0 unspecified atom stereocenters. The molecule has 2 aromatic carbocycles. The number of hydrogen-bond acceptors (Lipinski definition) is 5. The maximum atomic E-state index is 5.16. The van der Waals surface area contributed by atoms with Gasteiger partial charge in [0.2, 0.25) is 0 Å². The van der Waals surface area contributed by atoms with Gasteiger partial charge in [0, 0.05) is 16.2 Å². The second kappa shape index (κ2) is 7.31. The molecule has 3 aromatic rings. The lowest BCUT2D eigenvalue weighted by Crippen LogP contribution is -1.99. The molecule has 0 saturated carbocycles. The molecular weight excluding hydrogens is 368 g/mol. The van der Waals surface area contributed by atoms with E-state index < -0.39 is 0 Å². The quantitative estimate of drug-likeness (QED) is 0.644. The van der Waals surface area contributed by atoms with Crippen LogP contribution in [0.15, 0.2) is 59.3 Å². The Kier molecular flexibility index (Phi) is 4.96. The van der Waals surface area contributed by atoms with Crippen molar-refractivity contribution in [2.24, 2.45) is 0 Å². The third kappa shape index (κ3) is 4.02. The van der Waals surface area contributed by atoms with E-state index in [1.54, 1.807) is 7.11 Å². The topological polar surface area (TPSA) is 59.1 Å². The van der Waals surface area contributed by atoms with Gasteiger partial charge in [-0.15, -0.1) is 0 Å². The number of anilines is 4. The molecule has 1 heterocycles. The van der Waals surface area contributed by atoms with E-state index in [0.717, 1.165) is 21.6 Å². The standard InChI is InChI=1S/C18H17BrN4O/c1-12-3-8-16(15(19)9-12)23-18-10-17(20-11-21-18)22-13-4-6-14(24-2)7-5-13/h3-11H,1-2H3,(H2,20,21,22,23). The Morgan fingerprint density at radius 1 is 0.917 bits per heavy atom. The van der Waals surface area contributed by atoms with Gasteiger partial charge in [-0.2, -0.15) is 0 Å². The zero-order chi connectivity index (χ0) is 16.9. The number of nitrogens with zero attached hydrogens (tertiary/aromatic N) is 2. The van der Waals surface area contributed by atoms with Crippen LogP contribution < -0.4 is 15.4 Å². The van der Waals surface area contributed by atoms with E-state index >= 15 is 0 Å². The van der Waals surface area contributed by atoms with E-state index in [0.29, 0.717) is 11.6 Å². The number of rotatable bonds is 5. The lowest BCUT2D eigenvalue weighted by Gasteiger charge is -2.10. The van der Waals surface area contributed by atoms with Gasteiger partial charge in [-0.3, -0.25) is 0 Å². The van der Waals surface area contributed by atoms with Gasteiger partial charge >= 0.3 is 0 Å². The van der Waals surface area contributed by atoms with Gasteiger partial charge in [0.15, 0.2) is 0 Å². The summed E-state index contributed by atoms with van der Waals surface area (Å²) in [6.07, 6.45) is 1.52. The maximum Gasteiger partial charge on any atom is 0.135 e. The number of benzene rings is 2. The molecule has 3 rings (SSSR count). The largest absolute Gasteiger partial charge is 0.497 e. The lowest BCUT2D eigenvalue weighted by molar-refractivity contribution is 0.415. The van der Waals surface area contributed by atoms with E-state index in [1.165, 1.54) is 11.9 Å². The first kappa shape index (κ1) is 16.3. The zero-order valence-electron chi connectivity index (χ0n) is 13.4. The number of aromatic nitrogens is 2. The molecule has 0 bridgehead atoms. The number of ether oxygens (including phenoxy) is 1. The normalized spacial score (nSPS) is 10.3. The second-order valence-electron chi connectivity index (χ2n) is 5.25. The Morgan fingerprint density at radius 2 is 1.62 bits per heavy atom. The highest BCUT2D eigenvalue weighted by Gasteiger charge is 2.04. The summed E-state index contributed by atoms with van der Waals surface area (Å²) in [6.45, 7) is 2.05. The van der Waals surface area contributed by atoms with Crippen LogP contribution in [-0.2, 0) is 0 Å². The highest BCUT2D eigenvalue weighted by atomic mass is 79.9. The summed E-state index contributed by atoms with van der Waals surface area (Å²) in [7, 11) is 1.65. The van der Waals surface area contributed by atoms with Crippen LogP contribution in [0.25, 0.3) is 0 Å². The van der Waals surface area contributed by atoms with Crippen molar-refractivity contribution >= 4 is 38.9 Å². The minimum absolute atomic E-state index is 0.709. The molecule has 1 aromatic heterocycles. The van der Waals surface area contributed by atoms with Crippen molar-refractivity contribution in [2.45, 2.75) is 6.92 Å². The molecule has 0 spiro atoms. The first-order chi connectivity index (χ1) is 11.6. The fraction of sp³-hybridized carbons (Fsp3) is 0.111. The molecule has 0 amide bonds. The van der Waals surface area contributed by atoms with Gasteiger partial charge in [-0.25, -0.2) is 9.97 Å². The van der Waals surface area contributed by atoms with Crippen molar-refractivity contribution in [3.63, 3.8) is 0 Å². The summed E-state index contributed by atoms with van der Waals surface area (Å²) in [5, 5.41) is 6.53. The SMILES string of the molecule is COc1ccc(Nc2cc(Nc3ccc(C)cc3Br)ncn2)cc1. The van der Waals surface area contributed by atoms with Crippen molar-refractivity contribution in [3.05, 3.63) is 64.9 Å². The van der Waals surface area contributed by atoms with Gasteiger partial charge < -0.3 is 15.4 Å². The molecule has 2 N–H and O–H groups in total. The number of hydrogen-bond donors (Lipinski definition) is 2. The van der Waals surface area contributed by atoms with Gasteiger partial charge in [-0.1, -0.05) is 6.07 Å². The predicted octanol–water partition coefficient (Wildman–Crippen LogP) is 5.04. The van der Waals surface area contributed by atoms with Gasteiger partial charge in [-0.05, 0) is 64.8 Å². The van der Waals surface area contributed by atoms with Crippen molar-refractivity contribution < 1.29 is 4.74 Å². The van der Waals surface area contributed by atoms with Crippen molar-refractivity contribution in [2.75, 3.05) is 17.7 Å². The first-order valence-corrected chi connectivity index (χ1v) is 8.19. The first-order valence-electron chi connectivity index (χ1n) is 7.40. The van der Waals surface area contributed by atoms with E-state index in [-0.39, 0.29) is 0 Å². The molecule has 0 aliphatic carbocycles. The molecular formula is C18H17BrN4O. The lowest BCUT2D eigenvalue weighted by atomic mass is 10.2. The summed E-state index contributed by atoms with van der Waals surface area (Å²) in [5.41, 5.74) is 3.07. The van der Waals surface area contributed by atoms with Crippen molar-refractivity contribution in [1.82, 2.24) is 9.97 Å². The van der Waals surface area contributed by atoms with Crippen LogP contribution in [0.4, 0.5) is 23.0 Å². The van der Waals surface area contributed by atoms with E-state index in [4.69, 9.17) is 4.74 Å². The maximum absolute atomic E-state index is 5.16. The number of nitrogens with one attached hydrogen (secondary N) is 2. The van der Waals surface area contributed by atoms with Crippen LogP contribution in [0.5, 0.6) is 5.75 Å². The Hall–Kier alpha value is -2.60. The fourth-order valence-corrected chi connectivity index (χ4v) is 2.77. The summed E-state index contributed by atoms with van der Waals surface area (Å²) in [6, 6.07) is 15.6. The third-order valence-electron chi connectivity index (χ3n) is 3.42. The van der Waals surface area contributed by atoms with Crippen molar-refractivity contribution in [1.29, 1.82) is 0 Å². The van der Waals surface area contributed by atoms with Crippen LogP contribution in [0, 0.1) is 6.92 Å². The van der Waals surface area contributed by atoms with Gasteiger partial charge in [0.05, 0.1) is 12.8 Å². The van der Waals surface area contributed by atoms with E-state index in [9.17, 15) is 0 Å². The summed E-state index contributed by atoms with van der Waals surface area (Å²) >= 11 is 3.56. The molecule has 122 valence electrons. The van der Waals surface area contributed by atoms with Gasteiger partial charge in [0.1, 0.15) is 23.7 Å². The molecule has 0 aliphatic rings. The van der Waals surface area contributed by atoms with E-state index in [2.05, 4.69) is 49.5 Å². The van der Waals surface area contributed by atoms with Crippen LogP contribution in [0.1, 0.15) is 5.56 Å². The monoisotopic (exact) mass is 384 g/mol. The summed E-state index contributed by atoms with van der Waals surface area (Å²) < 4.78 is 6.15. The second-order valence-corrected chi connectivity index (χ2v) is 6.10. The Morgan fingerprint density at radius 3 is 2.29 bits per heavy atom. The zero-order valence-corrected chi connectivity index (χ0v) is 15.0. The third-order valence-corrected chi connectivity index (χ3v) is 4.07. The Labute approximate surface area is 149 Å². The predicted molar refractivity (Wildman–Crippen MR) is 100 cm³/mol. The Balaban J connectivity index is 1.75. The number of aryl methyl sites for hydroxylation is 1. The van der Waals surface area contributed by atoms with Gasteiger partial charge in [0.25, 0.3) is 0 Å². The molecule has 5 nitrogen and oxygen atoms in total. The highest BCUT2D eigenvalue weighted by molar-refractivity contribution is 9.10. The fourth-order valence-electron chi connectivity index (χ4n) is 2.18.